The van der Waals surface area contributed by atoms with E-state index in [9.17, 15) is 0 Å². The number of guanidine groups is 1. The van der Waals surface area contributed by atoms with Crippen molar-refractivity contribution in [3.05, 3.63) is 30.1 Å². The van der Waals surface area contributed by atoms with Crippen LogP contribution in [0.3, 0.4) is 0 Å². The molecule has 0 bridgehead atoms. The smallest absolute Gasteiger partial charge is 0.193 e. The van der Waals surface area contributed by atoms with Crippen LogP contribution in [-0.2, 0) is 6.42 Å². The van der Waals surface area contributed by atoms with E-state index >= 15 is 0 Å². The van der Waals surface area contributed by atoms with Gasteiger partial charge in [-0.1, -0.05) is 25.8 Å². The van der Waals surface area contributed by atoms with Crippen LogP contribution in [0.25, 0.3) is 0 Å². The number of aromatic nitrogens is 1. The molecular weight excluding hydrogens is 411 g/mol. The van der Waals surface area contributed by atoms with Gasteiger partial charge in [0.25, 0.3) is 0 Å². The van der Waals surface area contributed by atoms with Crippen LogP contribution in [0.1, 0.15) is 45.1 Å². The Bertz CT molecular complexity index is 470. The summed E-state index contributed by atoms with van der Waals surface area (Å²) in [6.07, 6.45) is 10.2. The fourth-order valence-electron chi connectivity index (χ4n) is 3.29. The Kier molecular flexibility index (Phi) is 10.3. The van der Waals surface area contributed by atoms with Gasteiger partial charge in [-0.05, 0) is 49.7 Å². The van der Waals surface area contributed by atoms with Crippen LogP contribution in [-0.4, -0.2) is 42.5 Å². The number of hydrogen-bond donors (Lipinski definition) is 1. The second kappa shape index (κ2) is 11.7. The Labute approximate surface area is 164 Å². The van der Waals surface area contributed by atoms with Crippen molar-refractivity contribution in [3.8, 4) is 0 Å². The highest BCUT2D eigenvalue weighted by Gasteiger charge is 2.20. The van der Waals surface area contributed by atoms with Gasteiger partial charge in [-0.15, -0.1) is 24.0 Å². The van der Waals surface area contributed by atoms with Crippen molar-refractivity contribution in [2.24, 2.45) is 16.8 Å². The van der Waals surface area contributed by atoms with Gasteiger partial charge in [-0.2, -0.15) is 0 Å². The summed E-state index contributed by atoms with van der Waals surface area (Å²) in [5.41, 5.74) is 1.25. The molecular formula is C19H33IN4. The Morgan fingerprint density at radius 2 is 2.08 bits per heavy atom. The van der Waals surface area contributed by atoms with Crippen molar-refractivity contribution in [3.63, 3.8) is 0 Å². The molecule has 0 amide bonds. The van der Waals surface area contributed by atoms with Crippen LogP contribution in [0.4, 0.5) is 0 Å². The average Bonchev–Trinajstić information content (AvgIpc) is 2.57. The molecule has 5 heteroatoms. The number of hydrogen-bond acceptors (Lipinski definition) is 2. The van der Waals surface area contributed by atoms with Crippen LogP contribution in [0, 0.1) is 11.8 Å². The second-order valence-corrected chi connectivity index (χ2v) is 6.85. The van der Waals surface area contributed by atoms with Crippen molar-refractivity contribution >= 4 is 29.9 Å². The lowest BCUT2D eigenvalue weighted by Crippen LogP contribution is -2.42. The predicted molar refractivity (Wildman–Crippen MR) is 113 cm³/mol. The van der Waals surface area contributed by atoms with Crippen molar-refractivity contribution in [2.75, 3.05) is 26.7 Å². The standard InChI is InChI=1S/C19H32N4.HI/c1-4-21-19(22-13-11-17-6-5-12-20-14-17)23(3)15-18-9-7-16(2)8-10-18;/h5-6,12,14,16,18H,4,7-11,13,15H2,1-3H3,(H,21,22);1H. The fourth-order valence-corrected chi connectivity index (χ4v) is 3.29. The van der Waals surface area contributed by atoms with E-state index in [-0.39, 0.29) is 24.0 Å². The zero-order valence-electron chi connectivity index (χ0n) is 15.4. The van der Waals surface area contributed by atoms with Gasteiger partial charge in [0, 0.05) is 39.1 Å². The van der Waals surface area contributed by atoms with Gasteiger partial charge in [-0.3, -0.25) is 9.98 Å². The Morgan fingerprint density at radius 1 is 1.33 bits per heavy atom. The van der Waals surface area contributed by atoms with E-state index in [1.807, 2.05) is 18.5 Å². The molecule has 1 aliphatic rings. The van der Waals surface area contributed by atoms with Gasteiger partial charge >= 0.3 is 0 Å². The summed E-state index contributed by atoms with van der Waals surface area (Å²) in [5, 5.41) is 3.43. The van der Waals surface area contributed by atoms with Crippen molar-refractivity contribution < 1.29 is 0 Å². The van der Waals surface area contributed by atoms with Crippen LogP contribution < -0.4 is 5.32 Å². The van der Waals surface area contributed by atoms with E-state index in [0.29, 0.717) is 0 Å². The minimum absolute atomic E-state index is 0. The highest BCUT2D eigenvalue weighted by molar-refractivity contribution is 14.0. The van der Waals surface area contributed by atoms with Crippen molar-refractivity contribution in [1.29, 1.82) is 0 Å². The van der Waals surface area contributed by atoms with Crippen LogP contribution >= 0.6 is 24.0 Å². The van der Waals surface area contributed by atoms with Crippen molar-refractivity contribution in [2.45, 2.75) is 46.0 Å². The highest BCUT2D eigenvalue weighted by Crippen LogP contribution is 2.28. The summed E-state index contributed by atoms with van der Waals surface area (Å²) in [6, 6.07) is 4.10. The van der Waals surface area contributed by atoms with Gasteiger partial charge in [0.1, 0.15) is 0 Å². The number of pyridine rings is 1. The summed E-state index contributed by atoms with van der Waals surface area (Å²) in [5.74, 6) is 2.77. The predicted octanol–water partition coefficient (Wildman–Crippen LogP) is 3.97. The molecule has 1 saturated carbocycles. The molecule has 0 radical (unpaired) electrons. The Hall–Kier alpha value is -0.850. The molecule has 1 heterocycles. The van der Waals surface area contributed by atoms with E-state index in [1.54, 1.807) is 0 Å². The topological polar surface area (TPSA) is 40.5 Å². The van der Waals surface area contributed by atoms with E-state index in [4.69, 9.17) is 4.99 Å². The van der Waals surface area contributed by atoms with E-state index in [2.05, 4.69) is 42.2 Å². The maximum atomic E-state index is 4.79. The molecule has 1 aromatic rings. The molecule has 1 aliphatic carbocycles. The van der Waals surface area contributed by atoms with Crippen LogP contribution in [0.2, 0.25) is 0 Å². The molecule has 136 valence electrons. The third kappa shape index (κ3) is 7.36. The molecule has 2 rings (SSSR count). The Morgan fingerprint density at radius 3 is 2.71 bits per heavy atom. The first kappa shape index (κ1) is 21.2. The summed E-state index contributed by atoms with van der Waals surface area (Å²) in [7, 11) is 2.17. The SMILES string of the molecule is CCNC(=NCCc1cccnc1)N(C)CC1CCC(C)CC1.I. The van der Waals surface area contributed by atoms with E-state index in [1.165, 1.54) is 31.2 Å². The molecule has 0 aromatic carbocycles. The highest BCUT2D eigenvalue weighted by atomic mass is 127. The summed E-state index contributed by atoms with van der Waals surface area (Å²) < 4.78 is 0. The number of nitrogens with zero attached hydrogens (tertiary/aromatic N) is 3. The molecule has 4 nitrogen and oxygen atoms in total. The minimum Gasteiger partial charge on any atom is -0.357 e. The molecule has 0 unspecified atom stereocenters. The van der Waals surface area contributed by atoms with Crippen LogP contribution in [0.5, 0.6) is 0 Å². The molecule has 1 fully saturated rings. The molecule has 24 heavy (non-hydrogen) atoms. The third-order valence-corrected chi connectivity index (χ3v) is 4.75. The minimum atomic E-state index is 0. The number of nitrogens with one attached hydrogen (secondary N) is 1. The lowest BCUT2D eigenvalue weighted by Gasteiger charge is -2.31. The number of rotatable bonds is 6. The summed E-state index contributed by atoms with van der Waals surface area (Å²) in [4.78, 5) is 11.3. The molecule has 0 spiro atoms. The van der Waals surface area contributed by atoms with Gasteiger partial charge in [0.05, 0.1) is 0 Å². The molecule has 0 atom stereocenters. The second-order valence-electron chi connectivity index (χ2n) is 6.85. The van der Waals surface area contributed by atoms with E-state index < -0.39 is 0 Å². The lowest BCUT2D eigenvalue weighted by atomic mass is 9.83. The fraction of sp³-hybridized carbons (Fsp3) is 0.684. The monoisotopic (exact) mass is 444 g/mol. The normalized spacial score (nSPS) is 21.0. The quantitative estimate of drug-likeness (QED) is 0.410. The molecule has 0 saturated heterocycles. The first-order chi connectivity index (χ1) is 11.2. The summed E-state index contributed by atoms with van der Waals surface area (Å²) >= 11 is 0. The van der Waals surface area contributed by atoms with Gasteiger partial charge in [-0.25, -0.2) is 0 Å². The Balaban J connectivity index is 0.00000288. The number of aliphatic imine (C=N–C) groups is 1. The van der Waals surface area contributed by atoms with Gasteiger partial charge in [0.2, 0.25) is 0 Å². The zero-order valence-corrected chi connectivity index (χ0v) is 17.7. The first-order valence-electron chi connectivity index (χ1n) is 9.07. The van der Waals surface area contributed by atoms with E-state index in [0.717, 1.165) is 43.9 Å². The largest absolute Gasteiger partial charge is 0.357 e. The zero-order chi connectivity index (χ0) is 16.5. The average molecular weight is 444 g/mol. The maximum Gasteiger partial charge on any atom is 0.193 e. The van der Waals surface area contributed by atoms with Crippen LogP contribution in [0.15, 0.2) is 29.5 Å². The molecule has 0 aliphatic heterocycles. The van der Waals surface area contributed by atoms with Gasteiger partial charge in [0.15, 0.2) is 5.96 Å². The van der Waals surface area contributed by atoms with Crippen molar-refractivity contribution in [1.82, 2.24) is 15.2 Å². The lowest BCUT2D eigenvalue weighted by molar-refractivity contribution is 0.250. The maximum absolute atomic E-state index is 4.79. The third-order valence-electron chi connectivity index (χ3n) is 4.75. The summed E-state index contributed by atoms with van der Waals surface area (Å²) in [6.45, 7) is 7.35. The number of halogens is 1. The molecule has 1 aromatic heterocycles. The molecule has 1 N–H and O–H groups in total. The van der Waals surface area contributed by atoms with Gasteiger partial charge < -0.3 is 10.2 Å². The first-order valence-corrected chi connectivity index (χ1v) is 9.07.